The first-order chi connectivity index (χ1) is 14.4. The van der Waals surface area contributed by atoms with E-state index in [4.69, 9.17) is 0 Å². The van der Waals surface area contributed by atoms with E-state index in [-0.39, 0.29) is 0 Å². The molecule has 1 nitrogen and oxygen atoms in total. The van der Waals surface area contributed by atoms with Gasteiger partial charge in [-0.3, -0.25) is 0 Å². The van der Waals surface area contributed by atoms with E-state index in [1.54, 1.807) is 0 Å². The van der Waals surface area contributed by atoms with Gasteiger partial charge in [-0.15, -0.1) is 0 Å². The van der Waals surface area contributed by atoms with Crippen LogP contribution in [0.2, 0.25) is 0 Å². The quantitative estimate of drug-likeness (QED) is 0.281. The second-order valence-electron chi connectivity index (χ2n) is 7.84. The van der Waals surface area contributed by atoms with Gasteiger partial charge in [-0.1, -0.05) is 91.0 Å². The zero-order valence-electron chi connectivity index (χ0n) is 15.7. The first-order valence-electron chi connectivity index (χ1n) is 10.1. The number of para-hydroxylation sites is 1. The molecule has 1 N–H and O–H groups in total. The average Bonchev–Trinajstić information content (AvgIpc) is 3.11. The van der Waals surface area contributed by atoms with Gasteiger partial charge in [0.1, 0.15) is 0 Å². The van der Waals surface area contributed by atoms with Gasteiger partial charge in [0.2, 0.25) is 0 Å². The topological polar surface area (TPSA) is 15.8 Å². The zero-order valence-corrected chi connectivity index (χ0v) is 15.7. The molecule has 0 bridgehead atoms. The van der Waals surface area contributed by atoms with Crippen molar-refractivity contribution in [3.63, 3.8) is 0 Å². The molecule has 1 aliphatic carbocycles. The number of fused-ring (bicyclic) bond motifs is 9. The summed E-state index contributed by atoms with van der Waals surface area (Å²) in [4.78, 5) is 3.73. The van der Waals surface area contributed by atoms with Crippen molar-refractivity contribution < 1.29 is 0 Å². The molecule has 7 rings (SSSR count). The third kappa shape index (κ3) is 1.89. The zero-order chi connectivity index (χ0) is 18.9. The first-order valence-corrected chi connectivity index (χ1v) is 10.1. The van der Waals surface area contributed by atoms with Gasteiger partial charge in [-0.25, -0.2) is 0 Å². The molecule has 1 aromatic heterocycles. The van der Waals surface area contributed by atoms with E-state index < -0.39 is 0 Å². The molecule has 134 valence electrons. The summed E-state index contributed by atoms with van der Waals surface area (Å²) < 4.78 is 0. The van der Waals surface area contributed by atoms with Gasteiger partial charge in [0.25, 0.3) is 0 Å². The summed E-state index contributed by atoms with van der Waals surface area (Å²) in [5.74, 6) is 0. The number of benzene rings is 5. The van der Waals surface area contributed by atoms with Crippen LogP contribution >= 0.6 is 0 Å². The minimum Gasteiger partial charge on any atom is -0.354 e. The highest BCUT2D eigenvalue weighted by atomic mass is 14.7. The van der Waals surface area contributed by atoms with Crippen LogP contribution in [0.4, 0.5) is 0 Å². The molecule has 1 aliphatic rings. The van der Waals surface area contributed by atoms with Crippen molar-refractivity contribution in [2.75, 3.05) is 0 Å². The van der Waals surface area contributed by atoms with Crippen LogP contribution in [-0.2, 0) is 0 Å². The van der Waals surface area contributed by atoms with Gasteiger partial charge >= 0.3 is 0 Å². The largest absolute Gasteiger partial charge is 0.354 e. The molecule has 0 saturated heterocycles. The molecule has 5 aromatic carbocycles. The predicted octanol–water partition coefficient (Wildman–Crippen LogP) is 7.79. The van der Waals surface area contributed by atoms with Crippen LogP contribution in [0.5, 0.6) is 0 Å². The summed E-state index contributed by atoms with van der Waals surface area (Å²) in [6.07, 6.45) is 0. The third-order valence-electron chi connectivity index (χ3n) is 6.36. The van der Waals surface area contributed by atoms with Crippen molar-refractivity contribution in [3.05, 3.63) is 97.1 Å². The summed E-state index contributed by atoms with van der Waals surface area (Å²) in [5, 5.41) is 5.20. The maximum Gasteiger partial charge on any atom is 0.0551 e. The Morgan fingerprint density at radius 2 is 1.14 bits per heavy atom. The maximum absolute atomic E-state index is 3.73. The lowest BCUT2D eigenvalue weighted by molar-refractivity contribution is 1.53. The molecule has 0 fully saturated rings. The second kappa shape index (κ2) is 5.36. The molecule has 0 spiro atoms. The van der Waals surface area contributed by atoms with Crippen LogP contribution in [0.15, 0.2) is 97.1 Å². The highest BCUT2D eigenvalue weighted by molar-refractivity contribution is 6.20. The molecule has 0 radical (unpaired) electrons. The van der Waals surface area contributed by atoms with E-state index in [1.165, 1.54) is 66.0 Å². The normalized spacial score (nSPS) is 12.1. The summed E-state index contributed by atoms with van der Waals surface area (Å²) in [5.41, 5.74) is 10.2. The fourth-order valence-electron chi connectivity index (χ4n) is 5.15. The number of hydrogen-bond donors (Lipinski definition) is 1. The Balaban J connectivity index is 1.78. The molecular weight excluding hydrogens is 350 g/mol. The van der Waals surface area contributed by atoms with Gasteiger partial charge in [0.15, 0.2) is 0 Å². The Labute approximate surface area is 168 Å². The SMILES string of the molecule is c1ccc2c(c1)-c1c(ccc3c1[nH]c1ccccc13)-c1cccc3cccc-2c13. The maximum atomic E-state index is 3.73. The number of hydrogen-bond acceptors (Lipinski definition) is 0. The smallest absolute Gasteiger partial charge is 0.0551 e. The monoisotopic (exact) mass is 367 g/mol. The highest BCUT2D eigenvalue weighted by Crippen LogP contribution is 2.50. The molecule has 1 heteroatoms. The number of nitrogens with one attached hydrogen (secondary N) is 1. The average molecular weight is 367 g/mol. The van der Waals surface area contributed by atoms with Crippen molar-refractivity contribution >= 4 is 32.6 Å². The van der Waals surface area contributed by atoms with Crippen molar-refractivity contribution in [3.8, 4) is 33.4 Å². The Morgan fingerprint density at radius 3 is 2.00 bits per heavy atom. The summed E-state index contributed by atoms with van der Waals surface area (Å²) in [7, 11) is 0. The molecule has 1 heterocycles. The molecule has 0 aliphatic heterocycles. The van der Waals surface area contributed by atoms with E-state index in [0.717, 1.165) is 0 Å². The molecule has 29 heavy (non-hydrogen) atoms. The number of H-pyrrole nitrogens is 1. The molecular formula is C28H17N. The van der Waals surface area contributed by atoms with Crippen LogP contribution in [0.25, 0.3) is 66.0 Å². The molecule has 0 atom stereocenters. The molecule has 0 amide bonds. The Bertz CT molecular complexity index is 1590. The predicted molar refractivity (Wildman–Crippen MR) is 123 cm³/mol. The van der Waals surface area contributed by atoms with Gasteiger partial charge in [-0.2, -0.15) is 0 Å². The Kier molecular flexibility index (Phi) is 2.80. The van der Waals surface area contributed by atoms with E-state index in [1.807, 2.05) is 0 Å². The van der Waals surface area contributed by atoms with Crippen LogP contribution in [-0.4, -0.2) is 4.98 Å². The van der Waals surface area contributed by atoms with Crippen LogP contribution in [0.3, 0.4) is 0 Å². The lowest BCUT2D eigenvalue weighted by atomic mass is 9.92. The van der Waals surface area contributed by atoms with Crippen LogP contribution < -0.4 is 0 Å². The van der Waals surface area contributed by atoms with Crippen molar-refractivity contribution in [2.45, 2.75) is 0 Å². The highest BCUT2D eigenvalue weighted by Gasteiger charge is 2.23. The number of rotatable bonds is 0. The first kappa shape index (κ1) is 15.1. The van der Waals surface area contributed by atoms with Crippen LogP contribution in [0.1, 0.15) is 0 Å². The minimum absolute atomic E-state index is 1.19. The van der Waals surface area contributed by atoms with Crippen molar-refractivity contribution in [2.24, 2.45) is 0 Å². The molecule has 0 saturated carbocycles. The van der Waals surface area contributed by atoms with Gasteiger partial charge in [0.05, 0.1) is 5.52 Å². The van der Waals surface area contributed by atoms with Crippen molar-refractivity contribution in [1.29, 1.82) is 0 Å². The van der Waals surface area contributed by atoms with Crippen molar-refractivity contribution in [1.82, 2.24) is 4.98 Å². The Morgan fingerprint density at radius 1 is 0.448 bits per heavy atom. The lowest BCUT2D eigenvalue weighted by Crippen LogP contribution is -1.87. The molecule has 6 aromatic rings. The fourth-order valence-corrected chi connectivity index (χ4v) is 5.15. The Hall–Kier alpha value is -3.84. The molecule has 0 unspecified atom stereocenters. The van der Waals surface area contributed by atoms with E-state index >= 15 is 0 Å². The lowest BCUT2D eigenvalue weighted by Gasteiger charge is -2.12. The van der Waals surface area contributed by atoms with Crippen LogP contribution in [0, 0.1) is 0 Å². The third-order valence-corrected chi connectivity index (χ3v) is 6.36. The van der Waals surface area contributed by atoms with Gasteiger partial charge in [0, 0.05) is 21.9 Å². The van der Waals surface area contributed by atoms with Gasteiger partial charge < -0.3 is 4.98 Å². The second-order valence-corrected chi connectivity index (χ2v) is 7.84. The van der Waals surface area contributed by atoms with Gasteiger partial charge in [-0.05, 0) is 44.7 Å². The standard InChI is InChI=1S/C28H17N/c1-2-11-21-18(9-1)20-12-5-7-17-8-6-13-22(26(17)20)23-15-16-24-19-10-3-4-14-25(19)29-28(24)27(21)23/h1-16,29H. The summed E-state index contributed by atoms with van der Waals surface area (Å²) in [6, 6.07) is 35.3. The van der Waals surface area contributed by atoms with E-state index in [0.29, 0.717) is 0 Å². The summed E-state index contributed by atoms with van der Waals surface area (Å²) >= 11 is 0. The van der Waals surface area contributed by atoms with E-state index in [9.17, 15) is 0 Å². The minimum atomic E-state index is 1.19. The van der Waals surface area contributed by atoms with E-state index in [2.05, 4.69) is 102 Å². The summed E-state index contributed by atoms with van der Waals surface area (Å²) in [6.45, 7) is 0. The number of aromatic nitrogens is 1. The fraction of sp³-hybridized carbons (Fsp3) is 0. The number of aromatic amines is 1.